The van der Waals surface area contributed by atoms with Gasteiger partial charge in [0, 0.05) is 16.8 Å². The van der Waals surface area contributed by atoms with E-state index in [1.807, 2.05) is 0 Å². The molecule has 1 amide bonds. The smallest absolute Gasteiger partial charge is 0.300 e. The Morgan fingerprint density at radius 3 is 2.18 bits per heavy atom. The van der Waals surface area contributed by atoms with E-state index in [-0.39, 0.29) is 27.3 Å². The van der Waals surface area contributed by atoms with E-state index in [0.717, 1.165) is 4.90 Å². The largest absolute Gasteiger partial charge is 0.507 e. The molecule has 0 bridgehead atoms. The second-order valence-corrected chi connectivity index (χ2v) is 9.02. The third-order valence-electron chi connectivity index (χ3n) is 5.45. The highest BCUT2D eigenvalue weighted by molar-refractivity contribution is 7.89. The number of aliphatic hydroxyl groups is 1. The number of Topliss-reactive ketones (excluding diaryl/α,β-unsaturated/α-hetero) is 1. The number of anilines is 1. The molecule has 0 aliphatic carbocycles. The van der Waals surface area contributed by atoms with E-state index in [1.165, 1.54) is 67.8 Å². The van der Waals surface area contributed by atoms with Gasteiger partial charge in [0.05, 0.1) is 23.6 Å². The van der Waals surface area contributed by atoms with Crippen LogP contribution in [0.1, 0.15) is 17.2 Å². The van der Waals surface area contributed by atoms with Crippen LogP contribution in [0.2, 0.25) is 0 Å². The third kappa shape index (κ3) is 4.04. The van der Waals surface area contributed by atoms with Gasteiger partial charge in [-0.05, 0) is 54.6 Å². The third-order valence-corrected chi connectivity index (χ3v) is 6.38. The van der Waals surface area contributed by atoms with Gasteiger partial charge in [-0.2, -0.15) is 0 Å². The van der Waals surface area contributed by atoms with Crippen molar-refractivity contribution in [2.24, 2.45) is 5.14 Å². The van der Waals surface area contributed by atoms with E-state index < -0.39 is 39.3 Å². The maximum Gasteiger partial charge on any atom is 0.300 e. The Hall–Kier alpha value is -4.02. The molecule has 0 aromatic heterocycles. The minimum Gasteiger partial charge on any atom is -0.507 e. The molecule has 0 radical (unpaired) electrons. The molecule has 34 heavy (non-hydrogen) atoms. The molecule has 1 aliphatic rings. The number of nitrogens with two attached hydrogens (primary N) is 1. The number of nitrogens with zero attached hydrogens (tertiary/aromatic N) is 1. The standard InChI is InChI=1S/C24H19FN2O6S/c1-33-16-10-6-14(7-11-16)22(28)20-21(18-4-2-3-5-19(18)25)27(24(30)23(20)29)15-8-12-17(13-9-15)34(26,31)32/h2-13,21,28H,1H3,(H2,26,31,32)/t21-/m1/s1. The van der Waals surface area contributed by atoms with Crippen LogP contribution in [-0.2, 0) is 19.6 Å². The van der Waals surface area contributed by atoms with Crippen LogP contribution in [-0.4, -0.2) is 32.3 Å². The first kappa shape index (κ1) is 23.1. The van der Waals surface area contributed by atoms with Crippen molar-refractivity contribution in [3.8, 4) is 5.75 Å². The molecule has 1 fully saturated rings. The number of ketones is 1. The number of halogens is 1. The molecule has 0 saturated carbocycles. The number of methoxy groups -OCH3 is 1. The van der Waals surface area contributed by atoms with Gasteiger partial charge in [-0.3, -0.25) is 14.5 Å². The summed E-state index contributed by atoms with van der Waals surface area (Å²) in [7, 11) is -2.52. The number of carbonyl (C=O) groups is 2. The zero-order valence-electron chi connectivity index (χ0n) is 17.8. The van der Waals surface area contributed by atoms with Crippen LogP contribution in [0.15, 0.2) is 83.3 Å². The summed E-state index contributed by atoms with van der Waals surface area (Å²) in [5, 5.41) is 16.2. The average molecular weight is 482 g/mol. The second kappa shape index (κ2) is 8.73. The number of sulfonamides is 1. The number of benzene rings is 3. The maximum atomic E-state index is 14.9. The topological polar surface area (TPSA) is 127 Å². The van der Waals surface area contributed by atoms with Crippen LogP contribution in [0.4, 0.5) is 10.1 Å². The molecule has 3 aromatic rings. The Bertz CT molecular complexity index is 1420. The van der Waals surface area contributed by atoms with E-state index >= 15 is 0 Å². The number of carbonyl (C=O) groups excluding carboxylic acids is 2. The van der Waals surface area contributed by atoms with E-state index in [0.29, 0.717) is 5.75 Å². The van der Waals surface area contributed by atoms with Crippen molar-refractivity contribution in [3.05, 3.63) is 95.3 Å². The molecule has 3 N–H and O–H groups in total. The molecule has 3 aromatic carbocycles. The summed E-state index contributed by atoms with van der Waals surface area (Å²) in [6.07, 6.45) is 0. The van der Waals surface area contributed by atoms with Gasteiger partial charge < -0.3 is 9.84 Å². The number of aliphatic hydroxyl groups excluding tert-OH is 1. The predicted octanol–water partition coefficient (Wildman–Crippen LogP) is 3.11. The first-order valence-corrected chi connectivity index (χ1v) is 11.5. The Kier molecular flexibility index (Phi) is 5.94. The molecule has 174 valence electrons. The lowest BCUT2D eigenvalue weighted by molar-refractivity contribution is -0.132. The van der Waals surface area contributed by atoms with Crippen molar-refractivity contribution in [3.63, 3.8) is 0 Å². The molecule has 0 spiro atoms. The summed E-state index contributed by atoms with van der Waals surface area (Å²) in [4.78, 5) is 27.0. The van der Waals surface area contributed by atoms with Crippen LogP contribution < -0.4 is 14.8 Å². The Balaban J connectivity index is 1.92. The van der Waals surface area contributed by atoms with Crippen molar-refractivity contribution in [1.82, 2.24) is 0 Å². The summed E-state index contributed by atoms with van der Waals surface area (Å²) in [5.74, 6) is -2.69. The maximum absolute atomic E-state index is 14.9. The molecule has 4 rings (SSSR count). The molecule has 1 saturated heterocycles. The van der Waals surface area contributed by atoms with Gasteiger partial charge in [-0.25, -0.2) is 17.9 Å². The van der Waals surface area contributed by atoms with Crippen LogP contribution in [0, 0.1) is 5.82 Å². The summed E-state index contributed by atoms with van der Waals surface area (Å²) in [5.41, 5.74) is 0.0179. The summed E-state index contributed by atoms with van der Waals surface area (Å²) >= 11 is 0. The van der Waals surface area contributed by atoms with Gasteiger partial charge in [0.2, 0.25) is 10.0 Å². The molecule has 8 nitrogen and oxygen atoms in total. The van der Waals surface area contributed by atoms with Gasteiger partial charge in [-0.15, -0.1) is 0 Å². The summed E-state index contributed by atoms with van der Waals surface area (Å²) < 4.78 is 43.2. The quantitative estimate of drug-likeness (QED) is 0.327. The number of rotatable bonds is 5. The van der Waals surface area contributed by atoms with E-state index in [9.17, 15) is 27.5 Å². The highest BCUT2D eigenvalue weighted by atomic mass is 32.2. The number of amides is 1. The van der Waals surface area contributed by atoms with Crippen LogP contribution >= 0.6 is 0 Å². The van der Waals surface area contributed by atoms with Crippen molar-refractivity contribution >= 4 is 33.2 Å². The fourth-order valence-electron chi connectivity index (χ4n) is 3.79. The number of ether oxygens (including phenoxy) is 1. The molecule has 1 heterocycles. The number of primary sulfonamides is 1. The minimum atomic E-state index is -4.00. The zero-order valence-corrected chi connectivity index (χ0v) is 18.6. The fourth-order valence-corrected chi connectivity index (χ4v) is 4.31. The highest BCUT2D eigenvalue weighted by Gasteiger charge is 2.47. The lowest BCUT2D eigenvalue weighted by atomic mass is 9.94. The molecule has 0 unspecified atom stereocenters. The first-order chi connectivity index (χ1) is 16.1. The second-order valence-electron chi connectivity index (χ2n) is 7.46. The lowest BCUT2D eigenvalue weighted by Crippen LogP contribution is -2.30. The van der Waals surface area contributed by atoms with Crippen LogP contribution in [0.3, 0.4) is 0 Å². The lowest BCUT2D eigenvalue weighted by Gasteiger charge is -2.25. The van der Waals surface area contributed by atoms with Crippen LogP contribution in [0.5, 0.6) is 5.75 Å². The van der Waals surface area contributed by atoms with E-state index in [4.69, 9.17) is 9.88 Å². The normalized spacial score (nSPS) is 17.7. The van der Waals surface area contributed by atoms with Crippen molar-refractivity contribution in [2.75, 3.05) is 12.0 Å². The van der Waals surface area contributed by atoms with Gasteiger partial charge in [0.15, 0.2) is 0 Å². The summed E-state index contributed by atoms with van der Waals surface area (Å²) in [6.45, 7) is 0. The number of hydrogen-bond donors (Lipinski definition) is 2. The molecular formula is C24H19FN2O6S. The Morgan fingerprint density at radius 1 is 1.00 bits per heavy atom. The van der Waals surface area contributed by atoms with Crippen molar-refractivity contribution < 1.29 is 32.2 Å². The Morgan fingerprint density at radius 2 is 1.62 bits per heavy atom. The summed E-state index contributed by atoms with van der Waals surface area (Å²) in [6, 6.07) is 15.3. The molecule has 1 aliphatic heterocycles. The van der Waals surface area contributed by atoms with Gasteiger partial charge >= 0.3 is 0 Å². The van der Waals surface area contributed by atoms with Crippen molar-refractivity contribution in [2.45, 2.75) is 10.9 Å². The highest BCUT2D eigenvalue weighted by Crippen LogP contribution is 2.43. The van der Waals surface area contributed by atoms with Gasteiger partial charge in [0.1, 0.15) is 17.3 Å². The fraction of sp³-hybridized carbons (Fsp3) is 0.0833. The SMILES string of the molecule is COc1ccc(C(O)=C2C(=O)C(=O)N(c3ccc(S(N)(=O)=O)cc3)[C@@H]2c2ccccc2F)cc1. The predicted molar refractivity (Wildman–Crippen MR) is 122 cm³/mol. The molecule has 10 heteroatoms. The molecule has 1 atom stereocenters. The van der Waals surface area contributed by atoms with Gasteiger partial charge in [0.25, 0.3) is 11.7 Å². The average Bonchev–Trinajstić information content (AvgIpc) is 3.08. The molecular weight excluding hydrogens is 463 g/mol. The first-order valence-electron chi connectivity index (χ1n) is 9.96. The van der Waals surface area contributed by atoms with E-state index in [2.05, 4.69) is 0 Å². The Labute approximate surface area is 194 Å². The number of hydrogen-bond acceptors (Lipinski definition) is 6. The monoisotopic (exact) mass is 482 g/mol. The van der Waals surface area contributed by atoms with Crippen LogP contribution in [0.25, 0.3) is 5.76 Å². The minimum absolute atomic E-state index is 0.0210. The van der Waals surface area contributed by atoms with Gasteiger partial charge in [-0.1, -0.05) is 18.2 Å². The zero-order chi connectivity index (χ0) is 24.6. The van der Waals surface area contributed by atoms with E-state index in [1.54, 1.807) is 12.1 Å². The van der Waals surface area contributed by atoms with Crippen molar-refractivity contribution in [1.29, 1.82) is 0 Å².